The molecule has 1 amide bonds. The Labute approximate surface area is 240 Å². The van der Waals surface area contributed by atoms with Gasteiger partial charge in [-0.3, -0.25) is 9.99 Å². The van der Waals surface area contributed by atoms with E-state index in [1.807, 2.05) is 55.5 Å². The largest absolute Gasteiger partial charge is 0.443 e. The Balaban J connectivity index is 1.29. The van der Waals surface area contributed by atoms with E-state index in [-0.39, 0.29) is 6.61 Å². The van der Waals surface area contributed by atoms with E-state index in [0.717, 1.165) is 26.5 Å². The Morgan fingerprint density at radius 1 is 1.17 bits per heavy atom. The fourth-order valence-electron chi connectivity index (χ4n) is 5.06. The first-order valence-corrected chi connectivity index (χ1v) is 14.2. The first-order chi connectivity index (χ1) is 19.7. The number of hydrogen-bond donors (Lipinski definition) is 3. The van der Waals surface area contributed by atoms with Crippen molar-refractivity contribution in [1.82, 2.24) is 30.6 Å². The van der Waals surface area contributed by atoms with Crippen molar-refractivity contribution in [1.29, 1.82) is 0 Å². The van der Waals surface area contributed by atoms with E-state index < -0.39 is 48.4 Å². The van der Waals surface area contributed by atoms with Crippen LogP contribution in [0.3, 0.4) is 0 Å². The van der Waals surface area contributed by atoms with Crippen LogP contribution in [0, 0.1) is 6.92 Å². The van der Waals surface area contributed by atoms with Crippen molar-refractivity contribution < 1.29 is 28.8 Å². The molecule has 2 saturated heterocycles. The number of carbonyl (C=O) groups excluding carboxylic acids is 1. The van der Waals surface area contributed by atoms with Gasteiger partial charge in [0.15, 0.2) is 12.1 Å². The van der Waals surface area contributed by atoms with E-state index in [1.165, 1.54) is 0 Å². The summed E-state index contributed by atoms with van der Waals surface area (Å²) in [4.78, 5) is 17.0. The molecule has 2 fully saturated rings. The number of rotatable bonds is 5. The molecular formula is C28H32N6O6S. The summed E-state index contributed by atoms with van der Waals surface area (Å²) < 4.78 is 26.9. The van der Waals surface area contributed by atoms with E-state index in [2.05, 4.69) is 26.0 Å². The minimum atomic E-state index is -1.20. The highest BCUT2D eigenvalue weighted by atomic mass is 32.1. The number of hydrazine groups is 1. The van der Waals surface area contributed by atoms with Crippen molar-refractivity contribution in [2.75, 3.05) is 6.61 Å². The monoisotopic (exact) mass is 580 g/mol. The van der Waals surface area contributed by atoms with Gasteiger partial charge in [-0.1, -0.05) is 30.3 Å². The van der Waals surface area contributed by atoms with Crippen LogP contribution in [-0.4, -0.2) is 67.5 Å². The standard InChI is InChI=1S/C28H32N6O6S/c1-15-30-18-11-10-17(12-20(18)41-15)34-14-29-32-25(34)24-22(35)21(31-33-27(36)40-28(2,3)4)23-19(38-24)13-37-26(39-23)16-8-6-5-7-9-16/h5-12,14,19,21-24,26,31,35H,13H2,1-4H3,(H,33,36)/t19-,21-,22-,23+,24-,26?/m1/s1. The molecule has 4 heterocycles. The van der Waals surface area contributed by atoms with Crippen molar-refractivity contribution in [3.63, 3.8) is 0 Å². The molecule has 13 heteroatoms. The second-order valence-corrected chi connectivity index (χ2v) is 12.2. The fraction of sp³-hybridized carbons (Fsp3) is 0.429. The molecule has 0 radical (unpaired) electrons. The van der Waals surface area contributed by atoms with Crippen molar-refractivity contribution in [3.8, 4) is 5.69 Å². The molecule has 41 heavy (non-hydrogen) atoms. The summed E-state index contributed by atoms with van der Waals surface area (Å²) in [6.07, 6.45) is -3.16. The van der Waals surface area contributed by atoms with Crippen molar-refractivity contribution in [3.05, 3.63) is 71.3 Å². The molecule has 2 aliphatic heterocycles. The van der Waals surface area contributed by atoms with Crippen molar-refractivity contribution in [2.45, 2.75) is 70.0 Å². The van der Waals surface area contributed by atoms with Crippen LogP contribution < -0.4 is 10.9 Å². The first-order valence-electron chi connectivity index (χ1n) is 13.3. The zero-order valence-corrected chi connectivity index (χ0v) is 23.9. The number of amides is 1. The van der Waals surface area contributed by atoms with E-state index in [9.17, 15) is 9.90 Å². The molecule has 3 N–H and O–H groups in total. The van der Waals surface area contributed by atoms with Gasteiger partial charge in [0.05, 0.1) is 27.9 Å². The molecule has 0 bridgehead atoms. The van der Waals surface area contributed by atoms with Gasteiger partial charge in [0.2, 0.25) is 0 Å². The second kappa shape index (κ2) is 11.1. The number of benzene rings is 2. The van der Waals surface area contributed by atoms with E-state index in [4.69, 9.17) is 18.9 Å². The summed E-state index contributed by atoms with van der Waals surface area (Å²) in [7, 11) is 0. The summed E-state index contributed by atoms with van der Waals surface area (Å²) in [6.45, 7) is 7.47. The number of carbonyl (C=O) groups is 1. The van der Waals surface area contributed by atoms with E-state index in [1.54, 1.807) is 43.0 Å². The average molecular weight is 581 g/mol. The van der Waals surface area contributed by atoms with Gasteiger partial charge in [0.1, 0.15) is 36.3 Å². The predicted octanol–water partition coefficient (Wildman–Crippen LogP) is 3.50. The molecule has 0 saturated carbocycles. The third-order valence-electron chi connectivity index (χ3n) is 6.81. The van der Waals surface area contributed by atoms with Gasteiger partial charge in [-0.2, -0.15) is 0 Å². The third kappa shape index (κ3) is 5.82. The Bertz CT molecular complexity index is 1520. The number of fused-ring (bicyclic) bond motifs is 2. The first kappa shape index (κ1) is 27.7. The van der Waals surface area contributed by atoms with Crippen LogP contribution in [0.15, 0.2) is 54.9 Å². The Kier molecular flexibility index (Phi) is 7.49. The summed E-state index contributed by atoms with van der Waals surface area (Å²) in [6, 6.07) is 14.6. The predicted molar refractivity (Wildman–Crippen MR) is 149 cm³/mol. The molecule has 12 nitrogen and oxygen atoms in total. The van der Waals surface area contributed by atoms with Gasteiger partial charge >= 0.3 is 6.09 Å². The minimum absolute atomic E-state index is 0.193. The lowest BCUT2D eigenvalue weighted by atomic mass is 9.91. The number of aliphatic hydroxyl groups excluding tert-OH is 1. The quantitative estimate of drug-likeness (QED) is 0.300. The van der Waals surface area contributed by atoms with Crippen LogP contribution in [0.2, 0.25) is 0 Å². The molecule has 2 aliphatic rings. The molecule has 2 aromatic heterocycles. The molecule has 216 valence electrons. The number of nitrogens with zero attached hydrogens (tertiary/aromatic N) is 4. The highest BCUT2D eigenvalue weighted by Gasteiger charge is 2.51. The SMILES string of the molecule is Cc1nc2ccc(-n3cnnc3[C@@H]3O[C@@H]4COC(c5ccccc5)O[C@@H]4[C@H](NNC(=O)OC(C)(C)C)[C@H]3O)cc2s1. The second-order valence-electron chi connectivity index (χ2n) is 11.0. The van der Waals surface area contributed by atoms with Crippen LogP contribution in [0.5, 0.6) is 0 Å². The lowest BCUT2D eigenvalue weighted by molar-refractivity contribution is -0.313. The zero-order valence-electron chi connectivity index (χ0n) is 23.1. The van der Waals surface area contributed by atoms with Crippen LogP contribution >= 0.6 is 11.3 Å². The molecule has 6 rings (SSSR count). The van der Waals surface area contributed by atoms with E-state index >= 15 is 0 Å². The van der Waals surface area contributed by atoms with E-state index in [0.29, 0.717) is 5.82 Å². The maximum absolute atomic E-state index is 12.5. The number of ether oxygens (including phenoxy) is 4. The van der Waals surface area contributed by atoms with Gasteiger partial charge < -0.3 is 24.1 Å². The molecule has 1 unspecified atom stereocenters. The number of nitrogens with one attached hydrogen (secondary N) is 2. The minimum Gasteiger partial charge on any atom is -0.443 e. The molecule has 0 spiro atoms. The Morgan fingerprint density at radius 2 is 1.98 bits per heavy atom. The van der Waals surface area contributed by atoms with Crippen LogP contribution in [0.4, 0.5) is 4.79 Å². The highest BCUT2D eigenvalue weighted by Crippen LogP contribution is 2.39. The number of aryl methyl sites for hydroxylation is 1. The number of thiazole rings is 1. The third-order valence-corrected chi connectivity index (χ3v) is 7.74. The highest BCUT2D eigenvalue weighted by molar-refractivity contribution is 7.18. The smallest absolute Gasteiger partial charge is 0.422 e. The summed E-state index contributed by atoms with van der Waals surface area (Å²) in [5, 5.41) is 21.1. The van der Waals surface area contributed by atoms with Crippen LogP contribution in [0.25, 0.3) is 15.9 Å². The molecule has 2 aromatic carbocycles. The van der Waals surface area contributed by atoms with Gasteiger partial charge in [-0.15, -0.1) is 21.5 Å². The topological polar surface area (TPSA) is 142 Å². The number of aliphatic hydroxyl groups is 1. The van der Waals surface area contributed by atoms with Gasteiger partial charge in [0, 0.05) is 11.3 Å². The number of aromatic nitrogens is 4. The summed E-state index contributed by atoms with van der Waals surface area (Å²) >= 11 is 1.59. The lowest BCUT2D eigenvalue weighted by Gasteiger charge is -2.48. The van der Waals surface area contributed by atoms with Crippen LogP contribution in [0.1, 0.15) is 49.6 Å². The molecule has 4 aromatic rings. The number of hydrogen-bond acceptors (Lipinski definition) is 11. The zero-order chi connectivity index (χ0) is 28.7. The Morgan fingerprint density at radius 3 is 2.76 bits per heavy atom. The van der Waals surface area contributed by atoms with Gasteiger partial charge in [0.25, 0.3) is 0 Å². The maximum Gasteiger partial charge on any atom is 0.422 e. The van der Waals surface area contributed by atoms with Crippen LogP contribution in [-0.2, 0) is 18.9 Å². The Hall–Kier alpha value is -3.46. The molecular weight excluding hydrogens is 548 g/mol. The molecule has 6 atom stereocenters. The summed E-state index contributed by atoms with van der Waals surface area (Å²) in [5.74, 6) is 0.394. The normalized spacial score (nSPS) is 26.5. The average Bonchev–Trinajstić information content (AvgIpc) is 3.57. The van der Waals surface area contributed by atoms with Gasteiger partial charge in [-0.05, 0) is 45.9 Å². The van der Waals surface area contributed by atoms with Crippen molar-refractivity contribution in [2.24, 2.45) is 0 Å². The molecule has 0 aliphatic carbocycles. The van der Waals surface area contributed by atoms with Crippen molar-refractivity contribution >= 4 is 27.6 Å². The summed E-state index contributed by atoms with van der Waals surface area (Å²) in [5.41, 5.74) is 7.35. The maximum atomic E-state index is 12.5. The lowest BCUT2D eigenvalue weighted by Crippen LogP contribution is -2.66. The fourth-order valence-corrected chi connectivity index (χ4v) is 5.92. The van der Waals surface area contributed by atoms with Gasteiger partial charge in [-0.25, -0.2) is 15.2 Å².